The molecule has 0 aliphatic carbocycles. The van der Waals surface area contributed by atoms with Gasteiger partial charge in [-0.3, -0.25) is 0 Å². The maximum atomic E-state index is 13.6. The predicted molar refractivity (Wildman–Crippen MR) is 237 cm³/mol. The molecule has 0 saturated heterocycles. The zero-order valence-corrected chi connectivity index (χ0v) is 37.7. The molecular formula is C44H70N6O13. The van der Waals surface area contributed by atoms with Crippen LogP contribution in [0.1, 0.15) is 97.8 Å². The van der Waals surface area contributed by atoms with Gasteiger partial charge in [0.1, 0.15) is 51.2 Å². The molecule has 3 N–H and O–H groups in total. The molecule has 0 aliphatic heterocycles. The third kappa shape index (κ3) is 26.8. The molecule has 63 heavy (non-hydrogen) atoms. The van der Waals surface area contributed by atoms with E-state index in [4.69, 9.17) is 32.8 Å². The first-order valence-electron chi connectivity index (χ1n) is 21.5. The highest BCUT2D eigenvalue weighted by molar-refractivity contribution is 5.86. The molecule has 0 bridgehead atoms. The number of amides is 3. The molecule has 354 valence electrons. The quantitative estimate of drug-likeness (QED) is 0.0186. The molecule has 0 saturated carbocycles. The number of hydrogen-bond donors (Lipinski definition) is 3. The van der Waals surface area contributed by atoms with Crippen LogP contribution in [0.3, 0.4) is 0 Å². The summed E-state index contributed by atoms with van der Waals surface area (Å²) in [5.74, 6) is -0.455. The number of hydrogen-bond acceptors (Lipinski definition) is 14. The molecule has 0 unspecified atom stereocenters. The SMILES string of the molecule is C=C(C)C(=C)OCCOC(=O)NCCCCCC/N=c1\oc(=O)n(CCCCCCNC(=O)OCCOC(=O)C(=C)C)c(=O)n1CCCCCCNC(=O)OCCOC(=C)C(=C)C. The van der Waals surface area contributed by atoms with Gasteiger partial charge in [0.15, 0.2) is 0 Å². The lowest BCUT2D eigenvalue weighted by molar-refractivity contribution is -0.139. The first kappa shape index (κ1) is 55.0. The third-order valence-electron chi connectivity index (χ3n) is 8.88. The van der Waals surface area contributed by atoms with E-state index in [0.717, 1.165) is 43.1 Å². The fourth-order valence-electron chi connectivity index (χ4n) is 5.21. The Bertz CT molecular complexity index is 1850. The summed E-state index contributed by atoms with van der Waals surface area (Å²) in [6.07, 6.45) is 6.67. The van der Waals surface area contributed by atoms with Gasteiger partial charge in [0.2, 0.25) is 0 Å². The van der Waals surface area contributed by atoms with Crippen LogP contribution in [-0.4, -0.2) is 99.2 Å². The van der Waals surface area contributed by atoms with Gasteiger partial charge in [-0.15, -0.1) is 0 Å². The Morgan fingerprint density at radius 3 is 1.32 bits per heavy atom. The fourth-order valence-corrected chi connectivity index (χ4v) is 5.21. The Balaban J connectivity index is 2.63. The number of allylic oxidation sites excluding steroid dienone is 2. The predicted octanol–water partition coefficient (Wildman–Crippen LogP) is 5.70. The van der Waals surface area contributed by atoms with E-state index in [9.17, 15) is 28.8 Å². The molecule has 3 amide bonds. The molecule has 0 atom stereocenters. The minimum absolute atomic E-state index is 0.0337. The number of carbonyl (C=O) groups excluding carboxylic acids is 4. The monoisotopic (exact) mass is 891 g/mol. The minimum atomic E-state index is -0.788. The van der Waals surface area contributed by atoms with Crippen LogP contribution >= 0.6 is 0 Å². The highest BCUT2D eigenvalue weighted by Gasteiger charge is 2.12. The van der Waals surface area contributed by atoms with E-state index in [2.05, 4.69) is 53.8 Å². The number of esters is 1. The van der Waals surface area contributed by atoms with Crippen molar-refractivity contribution in [2.75, 3.05) is 65.8 Å². The normalized spacial score (nSPS) is 10.9. The zero-order valence-electron chi connectivity index (χ0n) is 37.7. The number of ether oxygens (including phenoxy) is 6. The summed E-state index contributed by atoms with van der Waals surface area (Å²) in [5.41, 5.74) is 1.11. The van der Waals surface area contributed by atoms with E-state index in [-0.39, 0.29) is 64.0 Å². The van der Waals surface area contributed by atoms with E-state index in [1.165, 1.54) is 11.5 Å². The first-order chi connectivity index (χ1) is 30.1. The van der Waals surface area contributed by atoms with E-state index >= 15 is 0 Å². The molecule has 1 rings (SSSR count). The number of rotatable bonds is 35. The van der Waals surface area contributed by atoms with E-state index < -0.39 is 35.7 Å². The molecule has 0 aliphatic rings. The van der Waals surface area contributed by atoms with E-state index in [0.29, 0.717) is 87.4 Å². The molecule has 0 aromatic carbocycles. The summed E-state index contributed by atoms with van der Waals surface area (Å²) in [5, 5.41) is 8.03. The average Bonchev–Trinajstić information content (AvgIpc) is 3.24. The highest BCUT2D eigenvalue weighted by Crippen LogP contribution is 2.06. The first-order valence-corrected chi connectivity index (χ1v) is 21.5. The van der Waals surface area contributed by atoms with Gasteiger partial charge >= 0.3 is 41.4 Å². The van der Waals surface area contributed by atoms with Crippen molar-refractivity contribution in [3.05, 3.63) is 87.9 Å². The summed E-state index contributed by atoms with van der Waals surface area (Å²) < 4.78 is 38.7. The van der Waals surface area contributed by atoms with Crippen LogP contribution in [0.5, 0.6) is 0 Å². The largest absolute Gasteiger partial charge is 0.490 e. The lowest BCUT2D eigenvalue weighted by Gasteiger charge is -2.11. The second-order valence-electron chi connectivity index (χ2n) is 14.6. The maximum absolute atomic E-state index is 13.6. The lowest BCUT2D eigenvalue weighted by atomic mass is 10.2. The van der Waals surface area contributed by atoms with Crippen LogP contribution in [0.2, 0.25) is 0 Å². The third-order valence-corrected chi connectivity index (χ3v) is 8.88. The summed E-state index contributed by atoms with van der Waals surface area (Å²) in [7, 11) is 0. The maximum Gasteiger partial charge on any atom is 0.425 e. The molecule has 0 spiro atoms. The molecule has 1 heterocycles. The van der Waals surface area contributed by atoms with Crippen molar-refractivity contribution < 1.29 is 52.0 Å². The van der Waals surface area contributed by atoms with Crippen LogP contribution < -0.4 is 33.1 Å². The second-order valence-corrected chi connectivity index (χ2v) is 14.6. The molecule has 0 radical (unpaired) electrons. The number of aromatic nitrogens is 2. The molecule has 19 nitrogen and oxygen atoms in total. The van der Waals surface area contributed by atoms with Gasteiger partial charge < -0.3 is 48.8 Å². The molecule has 0 fully saturated rings. The average molecular weight is 891 g/mol. The van der Waals surface area contributed by atoms with Crippen molar-refractivity contribution in [1.29, 1.82) is 0 Å². The topological polar surface area (TPSA) is 229 Å². The van der Waals surface area contributed by atoms with Crippen LogP contribution in [0.15, 0.2) is 80.1 Å². The second kappa shape index (κ2) is 33.6. The summed E-state index contributed by atoms with van der Waals surface area (Å²) in [6.45, 7) is 25.8. The number of unbranched alkanes of at least 4 members (excludes halogenated alkanes) is 9. The van der Waals surface area contributed by atoms with E-state index in [1.54, 1.807) is 13.8 Å². The highest BCUT2D eigenvalue weighted by atomic mass is 16.6. The summed E-state index contributed by atoms with van der Waals surface area (Å²) in [4.78, 5) is 78.2. The Morgan fingerprint density at radius 1 is 0.508 bits per heavy atom. The van der Waals surface area contributed by atoms with Gasteiger partial charge in [-0.25, -0.2) is 42.9 Å². The van der Waals surface area contributed by atoms with Crippen LogP contribution in [0.4, 0.5) is 14.4 Å². The molecular weight excluding hydrogens is 821 g/mol. The van der Waals surface area contributed by atoms with Crippen molar-refractivity contribution in [2.24, 2.45) is 4.99 Å². The van der Waals surface area contributed by atoms with Crippen LogP contribution in [0, 0.1) is 0 Å². The molecule has 1 aromatic rings. The molecule has 19 heteroatoms. The van der Waals surface area contributed by atoms with Crippen molar-refractivity contribution in [1.82, 2.24) is 25.1 Å². The zero-order chi connectivity index (χ0) is 46.8. The van der Waals surface area contributed by atoms with Crippen molar-refractivity contribution >= 4 is 24.2 Å². The van der Waals surface area contributed by atoms with Gasteiger partial charge in [0, 0.05) is 44.8 Å². The Hall–Kier alpha value is -6.01. The van der Waals surface area contributed by atoms with Crippen molar-refractivity contribution in [3.8, 4) is 0 Å². The Kier molecular flexibility index (Phi) is 29.3. The van der Waals surface area contributed by atoms with Gasteiger partial charge in [0.05, 0.1) is 0 Å². The van der Waals surface area contributed by atoms with E-state index in [1.807, 2.05) is 0 Å². The smallest absolute Gasteiger partial charge is 0.425 e. The molecule has 1 aromatic heterocycles. The minimum Gasteiger partial charge on any atom is -0.490 e. The van der Waals surface area contributed by atoms with Crippen molar-refractivity contribution in [3.63, 3.8) is 0 Å². The number of alkyl carbamates (subject to hydrolysis) is 3. The van der Waals surface area contributed by atoms with Crippen LogP contribution in [-0.2, 0) is 46.3 Å². The number of nitrogens with zero attached hydrogens (tertiary/aromatic N) is 3. The Morgan fingerprint density at radius 2 is 0.889 bits per heavy atom. The van der Waals surface area contributed by atoms with Gasteiger partial charge in [-0.2, -0.15) is 0 Å². The standard InChI is InChI=1S/C44H70N6O13/c1-33(2)36(7)57-27-30-60-40(52)46-22-16-10-9-15-21-45-39-49(25-19-13-11-17-23-47-41(53)61-31-28-58-37(8)34(3)4)43(55)50(44(56)63-39)26-20-14-12-18-24-48-42(54)62-32-29-59-38(51)35(5)6/h1,3,5,7-32H2,2,4,6H3,(H,46,52)(H,47,53)(H,48,54)/b45-39-. The summed E-state index contributed by atoms with van der Waals surface area (Å²) in [6, 6.07) is 0. The van der Waals surface area contributed by atoms with Gasteiger partial charge in [0.25, 0.3) is 0 Å². The van der Waals surface area contributed by atoms with Crippen molar-refractivity contribution in [2.45, 2.75) is 111 Å². The lowest BCUT2D eigenvalue weighted by Crippen LogP contribution is -2.47. The summed E-state index contributed by atoms with van der Waals surface area (Å²) >= 11 is 0. The van der Waals surface area contributed by atoms with Gasteiger partial charge in [-0.1, -0.05) is 71.4 Å². The number of carbonyl (C=O) groups is 4. The number of nitrogens with one attached hydrogen (secondary N) is 3. The van der Waals surface area contributed by atoms with Gasteiger partial charge in [-0.05, 0) is 70.4 Å². The Labute approximate surface area is 370 Å². The van der Waals surface area contributed by atoms with Crippen LogP contribution in [0.25, 0.3) is 0 Å². The fraction of sp³-hybridized carbons (Fsp3) is 0.614.